The van der Waals surface area contributed by atoms with Gasteiger partial charge in [-0.3, -0.25) is 14.4 Å². The molecule has 0 bridgehead atoms. The molecule has 0 radical (unpaired) electrons. The summed E-state index contributed by atoms with van der Waals surface area (Å²) in [4.78, 5) is 52.6. The van der Waals surface area contributed by atoms with Gasteiger partial charge in [0.25, 0.3) is 0 Å². The van der Waals surface area contributed by atoms with Crippen molar-refractivity contribution in [1.29, 1.82) is 0 Å². The molecule has 30 heavy (non-hydrogen) atoms. The minimum atomic E-state index is -2.74. The SMILES string of the molecule is CCOC(=O)NCC1(CC(=O)O)CCCCC1.O=C(O)CC(O)(CC(=O)O)C(=O)O. The van der Waals surface area contributed by atoms with Crippen LogP contribution in [0.3, 0.4) is 0 Å². The molecule has 0 aromatic heterocycles. The Bertz CT molecular complexity index is 610. The van der Waals surface area contributed by atoms with Crippen molar-refractivity contribution >= 4 is 30.0 Å². The number of nitrogens with one attached hydrogen (secondary N) is 1. The maximum Gasteiger partial charge on any atom is 0.407 e. The van der Waals surface area contributed by atoms with Crippen molar-refractivity contribution in [3.05, 3.63) is 0 Å². The predicted octanol–water partition coefficient (Wildman–Crippen LogP) is 0.909. The van der Waals surface area contributed by atoms with Crippen LogP contribution in [0.15, 0.2) is 0 Å². The summed E-state index contributed by atoms with van der Waals surface area (Å²) in [7, 11) is 0. The van der Waals surface area contributed by atoms with Gasteiger partial charge in [0, 0.05) is 6.54 Å². The molecule has 0 saturated heterocycles. The van der Waals surface area contributed by atoms with E-state index < -0.39 is 48.4 Å². The van der Waals surface area contributed by atoms with E-state index in [4.69, 9.17) is 30.3 Å². The topological polar surface area (TPSA) is 208 Å². The number of carboxylic acid groups (broad SMARTS) is 4. The molecule has 0 heterocycles. The molecular formula is C18H29NO11. The first-order valence-corrected chi connectivity index (χ1v) is 9.37. The van der Waals surface area contributed by atoms with Crippen molar-refractivity contribution in [3.63, 3.8) is 0 Å². The van der Waals surface area contributed by atoms with Crippen LogP contribution < -0.4 is 5.32 Å². The third-order valence-electron chi connectivity index (χ3n) is 4.61. The fourth-order valence-electron chi connectivity index (χ4n) is 3.19. The predicted molar refractivity (Wildman–Crippen MR) is 99.9 cm³/mol. The van der Waals surface area contributed by atoms with Gasteiger partial charge in [0.05, 0.1) is 25.9 Å². The van der Waals surface area contributed by atoms with Crippen LogP contribution in [0.5, 0.6) is 0 Å². The Morgan fingerprint density at radius 1 is 0.900 bits per heavy atom. The second-order valence-corrected chi connectivity index (χ2v) is 7.18. The molecule has 0 atom stereocenters. The van der Waals surface area contributed by atoms with Crippen LogP contribution in [0, 0.1) is 5.41 Å². The highest BCUT2D eigenvalue weighted by atomic mass is 16.5. The number of alkyl carbamates (subject to hydrolysis) is 1. The summed E-state index contributed by atoms with van der Waals surface area (Å²) in [5, 5.41) is 45.4. The van der Waals surface area contributed by atoms with Crippen molar-refractivity contribution in [1.82, 2.24) is 5.32 Å². The number of aliphatic hydroxyl groups is 1. The molecule has 0 unspecified atom stereocenters. The molecule has 0 aromatic rings. The maximum absolute atomic E-state index is 11.2. The lowest BCUT2D eigenvalue weighted by atomic mass is 9.72. The van der Waals surface area contributed by atoms with Gasteiger partial charge in [-0.05, 0) is 25.2 Å². The van der Waals surface area contributed by atoms with Crippen LogP contribution in [0.1, 0.15) is 58.3 Å². The van der Waals surface area contributed by atoms with E-state index in [1.54, 1.807) is 6.92 Å². The van der Waals surface area contributed by atoms with Gasteiger partial charge in [-0.1, -0.05) is 19.3 Å². The van der Waals surface area contributed by atoms with Crippen LogP contribution in [0.2, 0.25) is 0 Å². The first-order chi connectivity index (χ1) is 13.9. The van der Waals surface area contributed by atoms with Crippen LogP contribution in [-0.4, -0.2) is 74.3 Å². The summed E-state index contributed by atoms with van der Waals surface area (Å²) in [5.74, 6) is -5.81. The highest BCUT2D eigenvalue weighted by Crippen LogP contribution is 2.38. The maximum atomic E-state index is 11.2. The molecule has 1 aliphatic rings. The molecule has 12 nitrogen and oxygen atoms in total. The quantitative estimate of drug-likeness (QED) is 0.284. The molecule has 0 aliphatic heterocycles. The van der Waals surface area contributed by atoms with E-state index in [1.807, 2.05) is 0 Å². The molecule has 12 heteroatoms. The standard InChI is InChI=1S/C12H21NO4.C6H8O7/c1-2-17-11(16)13-9-12(8-10(14)15)6-4-3-5-7-12;7-3(8)1-6(13,5(11)12)2-4(9)10/h2-9H2,1H3,(H,13,16)(H,14,15);13H,1-2H2,(H,7,8)(H,9,10)(H,11,12). The molecular weight excluding hydrogens is 406 g/mol. The Morgan fingerprint density at radius 2 is 1.40 bits per heavy atom. The average molecular weight is 435 g/mol. The number of ether oxygens (including phenoxy) is 1. The zero-order chi connectivity index (χ0) is 23.4. The molecule has 1 rings (SSSR count). The largest absolute Gasteiger partial charge is 0.481 e. The molecule has 1 fully saturated rings. The van der Waals surface area contributed by atoms with E-state index in [1.165, 1.54) is 0 Å². The number of aliphatic carboxylic acids is 4. The average Bonchev–Trinajstić information content (AvgIpc) is 2.59. The third kappa shape index (κ3) is 10.6. The molecule has 0 aromatic carbocycles. The van der Waals surface area contributed by atoms with Crippen LogP contribution >= 0.6 is 0 Å². The summed E-state index contributed by atoms with van der Waals surface area (Å²) in [6.45, 7) is 2.48. The second kappa shape index (κ2) is 12.6. The van der Waals surface area contributed by atoms with Crippen molar-refractivity contribution in [2.75, 3.05) is 13.2 Å². The smallest absolute Gasteiger partial charge is 0.407 e. The van der Waals surface area contributed by atoms with Crippen molar-refractivity contribution in [2.24, 2.45) is 5.41 Å². The van der Waals surface area contributed by atoms with Gasteiger partial charge in [0.15, 0.2) is 5.60 Å². The fourth-order valence-corrected chi connectivity index (χ4v) is 3.19. The second-order valence-electron chi connectivity index (χ2n) is 7.18. The van der Waals surface area contributed by atoms with E-state index in [0.717, 1.165) is 32.1 Å². The Morgan fingerprint density at radius 3 is 1.77 bits per heavy atom. The Labute approximate surface area is 172 Å². The van der Waals surface area contributed by atoms with E-state index in [-0.39, 0.29) is 11.8 Å². The van der Waals surface area contributed by atoms with E-state index in [9.17, 15) is 24.0 Å². The van der Waals surface area contributed by atoms with Gasteiger partial charge in [0.1, 0.15) is 0 Å². The normalized spacial score (nSPS) is 15.1. The van der Waals surface area contributed by atoms with Gasteiger partial charge >= 0.3 is 30.0 Å². The first-order valence-electron chi connectivity index (χ1n) is 9.37. The van der Waals surface area contributed by atoms with Crippen molar-refractivity contribution in [3.8, 4) is 0 Å². The summed E-state index contributed by atoms with van der Waals surface area (Å²) in [5.41, 5.74) is -3.02. The summed E-state index contributed by atoms with van der Waals surface area (Å²) >= 11 is 0. The Hall–Kier alpha value is -2.89. The first kappa shape index (κ1) is 27.1. The van der Waals surface area contributed by atoms with Crippen LogP contribution in [0.4, 0.5) is 4.79 Å². The molecule has 172 valence electrons. The van der Waals surface area contributed by atoms with Crippen LogP contribution in [0.25, 0.3) is 0 Å². The Balaban J connectivity index is 0.000000584. The van der Waals surface area contributed by atoms with Crippen molar-refractivity contribution < 1.29 is 54.2 Å². The highest BCUT2D eigenvalue weighted by Gasteiger charge is 2.40. The molecule has 1 amide bonds. The summed E-state index contributed by atoms with van der Waals surface area (Å²) in [6.07, 6.45) is 2.35. The molecule has 1 aliphatic carbocycles. The number of carbonyl (C=O) groups is 5. The zero-order valence-electron chi connectivity index (χ0n) is 16.8. The van der Waals surface area contributed by atoms with E-state index in [0.29, 0.717) is 13.2 Å². The molecule has 6 N–H and O–H groups in total. The number of carboxylic acids is 4. The fraction of sp³-hybridized carbons (Fsp3) is 0.722. The monoisotopic (exact) mass is 435 g/mol. The Kier molecular flexibility index (Phi) is 11.4. The van der Waals surface area contributed by atoms with E-state index in [2.05, 4.69) is 5.32 Å². The number of carbonyl (C=O) groups excluding carboxylic acids is 1. The minimum absolute atomic E-state index is 0.124. The van der Waals surface area contributed by atoms with Gasteiger partial charge in [-0.25, -0.2) is 9.59 Å². The molecule has 0 spiro atoms. The number of hydrogen-bond donors (Lipinski definition) is 6. The summed E-state index contributed by atoms with van der Waals surface area (Å²) in [6, 6.07) is 0. The van der Waals surface area contributed by atoms with E-state index >= 15 is 0 Å². The lowest BCUT2D eigenvalue weighted by Gasteiger charge is -2.36. The highest BCUT2D eigenvalue weighted by molar-refractivity contribution is 5.88. The molecule has 1 saturated carbocycles. The lowest BCUT2D eigenvalue weighted by Crippen LogP contribution is -2.42. The van der Waals surface area contributed by atoms with Crippen LogP contribution in [-0.2, 0) is 23.9 Å². The van der Waals surface area contributed by atoms with Gasteiger partial charge in [-0.15, -0.1) is 0 Å². The number of amides is 1. The summed E-state index contributed by atoms with van der Waals surface area (Å²) < 4.78 is 4.79. The van der Waals surface area contributed by atoms with Gasteiger partial charge in [0.2, 0.25) is 0 Å². The third-order valence-corrected chi connectivity index (χ3v) is 4.61. The number of hydrogen-bond acceptors (Lipinski definition) is 7. The number of rotatable bonds is 10. The van der Waals surface area contributed by atoms with Gasteiger partial charge in [-0.2, -0.15) is 0 Å². The lowest BCUT2D eigenvalue weighted by molar-refractivity contribution is -0.170. The van der Waals surface area contributed by atoms with Gasteiger partial charge < -0.3 is 35.6 Å². The minimum Gasteiger partial charge on any atom is -0.481 e. The van der Waals surface area contributed by atoms with Crippen molar-refractivity contribution in [2.45, 2.75) is 63.9 Å². The zero-order valence-corrected chi connectivity index (χ0v) is 16.8.